The molecule has 114 valence electrons. The molecule has 1 atom stereocenters. The van der Waals surface area contributed by atoms with Gasteiger partial charge in [0.1, 0.15) is 6.61 Å². The highest BCUT2D eigenvalue weighted by atomic mass is 16.5. The van der Waals surface area contributed by atoms with Gasteiger partial charge in [-0.15, -0.1) is 0 Å². The molecule has 0 aromatic heterocycles. The van der Waals surface area contributed by atoms with Gasteiger partial charge < -0.3 is 14.8 Å². The number of rotatable bonds is 6. The van der Waals surface area contributed by atoms with Crippen molar-refractivity contribution in [3.05, 3.63) is 12.2 Å². The maximum Gasteiger partial charge on any atom is 0.331 e. The molecule has 6 nitrogen and oxygen atoms in total. The van der Waals surface area contributed by atoms with E-state index >= 15 is 0 Å². The monoisotopic (exact) mass is 285 g/mol. The van der Waals surface area contributed by atoms with E-state index in [1.165, 1.54) is 0 Å². The van der Waals surface area contributed by atoms with Crippen LogP contribution in [0.5, 0.6) is 0 Å². The third-order valence-electron chi connectivity index (χ3n) is 2.18. The van der Waals surface area contributed by atoms with Crippen molar-refractivity contribution in [3.63, 3.8) is 0 Å². The van der Waals surface area contributed by atoms with E-state index in [0.717, 1.165) is 12.2 Å². The zero-order valence-electron chi connectivity index (χ0n) is 12.7. The Morgan fingerprint density at radius 1 is 1.10 bits per heavy atom. The Morgan fingerprint density at radius 3 is 2.05 bits per heavy atom. The molecule has 0 heterocycles. The number of amides is 1. The Kier molecular flexibility index (Phi) is 7.57. The summed E-state index contributed by atoms with van der Waals surface area (Å²) in [5.41, 5.74) is -0.498. The van der Waals surface area contributed by atoms with Crippen LogP contribution < -0.4 is 5.32 Å². The first-order chi connectivity index (χ1) is 9.16. The maximum absolute atomic E-state index is 11.7. The lowest BCUT2D eigenvalue weighted by Gasteiger charge is -2.21. The van der Waals surface area contributed by atoms with Crippen LogP contribution in [0.2, 0.25) is 0 Å². The largest absolute Gasteiger partial charge is 0.463 e. The van der Waals surface area contributed by atoms with Crippen molar-refractivity contribution in [1.29, 1.82) is 0 Å². The van der Waals surface area contributed by atoms with Gasteiger partial charge in [-0.3, -0.25) is 4.79 Å². The van der Waals surface area contributed by atoms with Gasteiger partial charge in [0, 0.05) is 17.6 Å². The molecule has 0 aliphatic rings. The molecule has 0 saturated carbocycles. The molecule has 0 fully saturated rings. The average molecular weight is 285 g/mol. The minimum absolute atomic E-state index is 0.0355. The van der Waals surface area contributed by atoms with E-state index in [0.29, 0.717) is 0 Å². The number of hydrogen-bond acceptors (Lipinski definition) is 5. The molecule has 0 spiro atoms. The second-order valence-corrected chi connectivity index (χ2v) is 5.34. The summed E-state index contributed by atoms with van der Waals surface area (Å²) < 4.78 is 9.52. The van der Waals surface area contributed by atoms with Crippen LogP contribution in [0.25, 0.3) is 0 Å². The molecule has 0 aliphatic carbocycles. The number of esters is 2. The first-order valence-corrected chi connectivity index (χ1v) is 6.49. The predicted octanol–water partition coefficient (Wildman–Crippen LogP) is 1.20. The van der Waals surface area contributed by atoms with Gasteiger partial charge in [-0.2, -0.15) is 0 Å². The number of carbonyl (C=O) groups is 3. The molecule has 1 amide bonds. The van der Waals surface area contributed by atoms with Gasteiger partial charge >= 0.3 is 11.9 Å². The standard InChI is InChI=1S/C14H23NO5/c1-6-19-11(16)7-8-12(17)20-9-10(2)15-13(18)14(3,4)5/h7-8,10H,6,9H2,1-5H3,(H,15,18)/b8-7+/t10-/m0/s1. The van der Waals surface area contributed by atoms with E-state index in [9.17, 15) is 14.4 Å². The quantitative estimate of drug-likeness (QED) is 0.586. The fourth-order valence-corrected chi connectivity index (χ4v) is 1.06. The molecule has 0 saturated heterocycles. The molecule has 0 rings (SSSR count). The molecule has 0 aliphatic heterocycles. The molecule has 0 aromatic carbocycles. The van der Waals surface area contributed by atoms with Gasteiger partial charge in [0.05, 0.1) is 12.6 Å². The van der Waals surface area contributed by atoms with Gasteiger partial charge in [0.15, 0.2) is 0 Å². The van der Waals surface area contributed by atoms with Gasteiger partial charge in [0.25, 0.3) is 0 Å². The second-order valence-electron chi connectivity index (χ2n) is 5.34. The van der Waals surface area contributed by atoms with Crippen molar-refractivity contribution >= 4 is 17.8 Å². The Morgan fingerprint density at radius 2 is 1.60 bits per heavy atom. The van der Waals surface area contributed by atoms with E-state index in [2.05, 4.69) is 10.1 Å². The lowest BCUT2D eigenvalue weighted by atomic mass is 9.95. The van der Waals surface area contributed by atoms with Crippen molar-refractivity contribution in [2.45, 2.75) is 40.7 Å². The molecule has 20 heavy (non-hydrogen) atoms. The van der Waals surface area contributed by atoms with E-state index in [4.69, 9.17) is 4.74 Å². The van der Waals surface area contributed by atoms with Crippen molar-refractivity contribution in [3.8, 4) is 0 Å². The van der Waals surface area contributed by atoms with E-state index in [1.807, 2.05) is 0 Å². The normalized spacial score (nSPS) is 12.8. The highest BCUT2D eigenvalue weighted by molar-refractivity contribution is 5.91. The highest BCUT2D eigenvalue weighted by Crippen LogP contribution is 2.12. The summed E-state index contributed by atoms with van der Waals surface area (Å²) in [4.78, 5) is 34.0. The summed E-state index contributed by atoms with van der Waals surface area (Å²) in [6.45, 7) is 9.06. The Balaban J connectivity index is 4.07. The first-order valence-electron chi connectivity index (χ1n) is 6.49. The van der Waals surface area contributed by atoms with Crippen LogP contribution in [0.3, 0.4) is 0 Å². The summed E-state index contributed by atoms with van der Waals surface area (Å²) in [6.07, 6.45) is 2.00. The smallest absolute Gasteiger partial charge is 0.331 e. The fourth-order valence-electron chi connectivity index (χ4n) is 1.06. The van der Waals surface area contributed by atoms with Gasteiger partial charge in [0.2, 0.25) is 5.91 Å². The number of hydrogen-bond donors (Lipinski definition) is 1. The zero-order valence-corrected chi connectivity index (χ0v) is 12.7. The summed E-state index contributed by atoms with van der Waals surface area (Å²) >= 11 is 0. The summed E-state index contributed by atoms with van der Waals surface area (Å²) in [7, 11) is 0. The second kappa shape index (κ2) is 8.35. The molecule has 0 unspecified atom stereocenters. The van der Waals surface area contributed by atoms with Gasteiger partial charge in [-0.1, -0.05) is 20.8 Å². The summed E-state index contributed by atoms with van der Waals surface area (Å²) in [6, 6.07) is -0.304. The van der Waals surface area contributed by atoms with Crippen LogP contribution in [0, 0.1) is 5.41 Å². The van der Waals surface area contributed by atoms with Gasteiger partial charge in [-0.05, 0) is 13.8 Å². The number of carbonyl (C=O) groups excluding carboxylic acids is 3. The van der Waals surface area contributed by atoms with Crippen LogP contribution >= 0.6 is 0 Å². The minimum atomic E-state index is -0.657. The molecular weight excluding hydrogens is 262 g/mol. The van der Waals surface area contributed by atoms with Crippen LogP contribution in [-0.4, -0.2) is 37.1 Å². The molecular formula is C14H23NO5. The van der Waals surface area contributed by atoms with Crippen molar-refractivity contribution in [1.82, 2.24) is 5.32 Å². The third-order valence-corrected chi connectivity index (χ3v) is 2.18. The number of nitrogens with one attached hydrogen (secondary N) is 1. The van der Waals surface area contributed by atoms with E-state index < -0.39 is 17.4 Å². The van der Waals surface area contributed by atoms with Gasteiger partial charge in [-0.25, -0.2) is 9.59 Å². The van der Waals surface area contributed by atoms with Crippen molar-refractivity contribution in [2.24, 2.45) is 5.41 Å². The van der Waals surface area contributed by atoms with Crippen molar-refractivity contribution < 1.29 is 23.9 Å². The lowest BCUT2D eigenvalue weighted by molar-refractivity contribution is -0.141. The van der Waals surface area contributed by atoms with E-state index in [1.54, 1.807) is 34.6 Å². The molecule has 0 bridgehead atoms. The summed E-state index contributed by atoms with van der Waals surface area (Å²) in [5, 5.41) is 2.73. The molecule has 1 N–H and O–H groups in total. The van der Waals surface area contributed by atoms with Crippen LogP contribution in [-0.2, 0) is 23.9 Å². The van der Waals surface area contributed by atoms with Crippen molar-refractivity contribution in [2.75, 3.05) is 13.2 Å². The first kappa shape index (κ1) is 18.1. The van der Waals surface area contributed by atoms with Crippen LogP contribution in [0.4, 0.5) is 0 Å². The average Bonchev–Trinajstić information content (AvgIpc) is 2.33. The Hall–Kier alpha value is -1.85. The SMILES string of the molecule is CCOC(=O)/C=C/C(=O)OC[C@H](C)NC(=O)C(C)(C)C. The predicted molar refractivity (Wildman–Crippen MR) is 73.8 cm³/mol. The zero-order chi connectivity index (χ0) is 15.8. The topological polar surface area (TPSA) is 81.7 Å². The molecule has 0 radical (unpaired) electrons. The molecule has 0 aromatic rings. The Labute approximate surface area is 119 Å². The maximum atomic E-state index is 11.7. The van der Waals surface area contributed by atoms with Crippen LogP contribution in [0.1, 0.15) is 34.6 Å². The lowest BCUT2D eigenvalue weighted by Crippen LogP contribution is -2.42. The minimum Gasteiger partial charge on any atom is -0.463 e. The molecule has 6 heteroatoms. The third kappa shape index (κ3) is 8.29. The van der Waals surface area contributed by atoms with Crippen LogP contribution in [0.15, 0.2) is 12.2 Å². The fraction of sp³-hybridized carbons (Fsp3) is 0.643. The van der Waals surface area contributed by atoms with E-state index in [-0.39, 0.29) is 25.2 Å². The Bertz CT molecular complexity index is 382. The number of ether oxygens (including phenoxy) is 2. The summed E-state index contributed by atoms with van der Waals surface area (Å²) in [5.74, 6) is -1.38. The highest BCUT2D eigenvalue weighted by Gasteiger charge is 2.22.